The fraction of sp³-hybridized carbons (Fsp3) is 0.833. The Morgan fingerprint density at radius 1 is 1.14 bits per heavy atom. The van der Waals surface area contributed by atoms with Gasteiger partial charge in [0.15, 0.2) is 0 Å². The van der Waals surface area contributed by atoms with Gasteiger partial charge < -0.3 is 15.1 Å². The second-order valence-corrected chi connectivity index (χ2v) is 8.46. The molecule has 8 nitrogen and oxygen atoms in total. The molecule has 0 bridgehead atoms. The number of sulfonamides is 1. The van der Waals surface area contributed by atoms with E-state index in [0.29, 0.717) is 19.0 Å². The van der Waals surface area contributed by atoms with Crippen molar-refractivity contribution in [3.8, 4) is 0 Å². The molecule has 0 unspecified atom stereocenters. The lowest BCUT2D eigenvalue weighted by Gasteiger charge is -2.24. The van der Waals surface area contributed by atoms with Crippen LogP contribution in [0.3, 0.4) is 0 Å². The predicted octanol–water partition coefficient (Wildman–Crippen LogP) is 0.697. The highest BCUT2D eigenvalue weighted by Crippen LogP contribution is 2.10. The molecule has 21 heavy (non-hydrogen) atoms. The van der Waals surface area contributed by atoms with E-state index < -0.39 is 15.6 Å². The van der Waals surface area contributed by atoms with Crippen molar-refractivity contribution in [2.45, 2.75) is 52.2 Å². The Balaban J connectivity index is 2.52. The van der Waals surface area contributed by atoms with E-state index in [9.17, 15) is 8.42 Å². The molecule has 0 spiro atoms. The Bertz CT molecular complexity index is 560. The molecule has 1 heterocycles. The van der Waals surface area contributed by atoms with Crippen LogP contribution in [0.5, 0.6) is 0 Å². The minimum atomic E-state index is -3.27. The number of nitrogens with one attached hydrogen (secondary N) is 3. The first-order valence-electron chi connectivity index (χ1n) is 6.67. The standard InChI is InChI=1S/C12H25N5O3S/c1-11(2,3)14-7-9-15-16-10(20-9)13-8-12(4,5)17-21(6,18)19/h14,17H,7-8H2,1-6H3,(H,13,16). The van der Waals surface area contributed by atoms with Gasteiger partial charge in [0.1, 0.15) is 0 Å². The van der Waals surface area contributed by atoms with E-state index in [1.165, 1.54) is 0 Å². The summed E-state index contributed by atoms with van der Waals surface area (Å²) in [6.07, 6.45) is 1.12. The van der Waals surface area contributed by atoms with Gasteiger partial charge in [-0.2, -0.15) is 0 Å². The summed E-state index contributed by atoms with van der Waals surface area (Å²) in [6.45, 7) is 10.5. The predicted molar refractivity (Wildman–Crippen MR) is 81.4 cm³/mol. The summed E-state index contributed by atoms with van der Waals surface area (Å²) < 4.78 is 30.4. The van der Waals surface area contributed by atoms with Crippen molar-refractivity contribution in [1.29, 1.82) is 0 Å². The van der Waals surface area contributed by atoms with Crippen molar-refractivity contribution >= 4 is 16.0 Å². The SMILES string of the molecule is CC(C)(C)NCc1nnc(NCC(C)(C)NS(C)(=O)=O)o1. The molecular weight excluding hydrogens is 294 g/mol. The third-order valence-electron chi connectivity index (χ3n) is 2.38. The van der Waals surface area contributed by atoms with Crippen LogP contribution in [0.1, 0.15) is 40.5 Å². The topological polar surface area (TPSA) is 109 Å². The van der Waals surface area contributed by atoms with Crippen LogP contribution in [0.4, 0.5) is 6.01 Å². The highest BCUT2D eigenvalue weighted by molar-refractivity contribution is 7.88. The van der Waals surface area contributed by atoms with Crippen molar-refractivity contribution in [2.75, 3.05) is 18.1 Å². The van der Waals surface area contributed by atoms with Crippen LogP contribution in [0, 0.1) is 0 Å². The summed E-state index contributed by atoms with van der Waals surface area (Å²) in [5, 5.41) is 14.0. The molecule has 0 saturated carbocycles. The summed E-state index contributed by atoms with van der Waals surface area (Å²) in [6, 6.07) is 0.268. The van der Waals surface area contributed by atoms with Crippen LogP contribution >= 0.6 is 0 Å². The lowest BCUT2D eigenvalue weighted by molar-refractivity contribution is 0.382. The van der Waals surface area contributed by atoms with Gasteiger partial charge in [0.2, 0.25) is 15.9 Å². The maximum Gasteiger partial charge on any atom is 0.315 e. The van der Waals surface area contributed by atoms with Crippen molar-refractivity contribution in [2.24, 2.45) is 0 Å². The van der Waals surface area contributed by atoms with Gasteiger partial charge in [-0.05, 0) is 34.6 Å². The van der Waals surface area contributed by atoms with Crippen LogP contribution in [-0.2, 0) is 16.6 Å². The minimum Gasteiger partial charge on any atom is -0.407 e. The summed E-state index contributed by atoms with van der Waals surface area (Å²) in [5.74, 6) is 0.473. The molecule has 0 radical (unpaired) electrons. The Labute approximate surface area is 126 Å². The normalized spacial score (nSPS) is 13.4. The van der Waals surface area contributed by atoms with E-state index in [4.69, 9.17) is 4.42 Å². The molecule has 122 valence electrons. The van der Waals surface area contributed by atoms with E-state index in [-0.39, 0.29) is 11.6 Å². The number of rotatable bonds is 7. The van der Waals surface area contributed by atoms with Gasteiger partial charge >= 0.3 is 6.01 Å². The van der Waals surface area contributed by atoms with Crippen molar-refractivity contribution < 1.29 is 12.8 Å². The number of anilines is 1. The molecule has 1 aromatic rings. The van der Waals surface area contributed by atoms with Gasteiger partial charge in [0.25, 0.3) is 0 Å². The van der Waals surface area contributed by atoms with Gasteiger partial charge in [-0.15, -0.1) is 5.10 Å². The van der Waals surface area contributed by atoms with Crippen LogP contribution < -0.4 is 15.4 Å². The van der Waals surface area contributed by atoms with E-state index in [0.717, 1.165) is 6.26 Å². The fourth-order valence-electron chi connectivity index (χ4n) is 1.57. The van der Waals surface area contributed by atoms with Crippen LogP contribution in [-0.4, -0.2) is 42.5 Å². The smallest absolute Gasteiger partial charge is 0.315 e. The van der Waals surface area contributed by atoms with E-state index in [1.807, 2.05) is 20.8 Å². The fourth-order valence-corrected chi connectivity index (χ4v) is 2.65. The largest absolute Gasteiger partial charge is 0.407 e. The molecule has 1 rings (SSSR count). The first-order valence-corrected chi connectivity index (χ1v) is 8.56. The van der Waals surface area contributed by atoms with Gasteiger partial charge in [-0.25, -0.2) is 13.1 Å². The molecule has 0 aliphatic rings. The van der Waals surface area contributed by atoms with Crippen molar-refractivity contribution in [3.63, 3.8) is 0 Å². The molecule has 9 heteroatoms. The lowest BCUT2D eigenvalue weighted by Crippen LogP contribution is -2.47. The Morgan fingerprint density at radius 2 is 1.76 bits per heavy atom. The number of hydrogen-bond acceptors (Lipinski definition) is 7. The van der Waals surface area contributed by atoms with Crippen LogP contribution in [0.25, 0.3) is 0 Å². The maximum absolute atomic E-state index is 11.2. The summed E-state index contributed by atoms with van der Waals surface area (Å²) in [5.41, 5.74) is -0.699. The zero-order chi connectivity index (χ0) is 16.3. The molecule has 3 N–H and O–H groups in total. The van der Waals surface area contributed by atoms with Gasteiger partial charge in [-0.3, -0.25) is 0 Å². The third kappa shape index (κ3) is 7.98. The molecule has 1 aromatic heterocycles. The third-order valence-corrected chi connectivity index (χ3v) is 3.30. The number of nitrogens with zero attached hydrogens (tertiary/aromatic N) is 2. The highest BCUT2D eigenvalue weighted by atomic mass is 32.2. The van der Waals surface area contributed by atoms with Crippen molar-refractivity contribution in [1.82, 2.24) is 20.2 Å². The molecule has 0 saturated heterocycles. The summed E-state index contributed by atoms with van der Waals surface area (Å²) in [4.78, 5) is 0. The molecule has 0 aliphatic carbocycles. The van der Waals surface area contributed by atoms with Gasteiger partial charge in [0.05, 0.1) is 12.8 Å². The molecule has 0 aliphatic heterocycles. The molecular formula is C12H25N5O3S. The van der Waals surface area contributed by atoms with Crippen LogP contribution in [0.15, 0.2) is 4.42 Å². The zero-order valence-corrected chi connectivity index (χ0v) is 14.3. The number of hydrogen-bond donors (Lipinski definition) is 3. The highest BCUT2D eigenvalue weighted by Gasteiger charge is 2.22. The quantitative estimate of drug-likeness (QED) is 0.678. The summed E-state index contributed by atoms with van der Waals surface area (Å²) in [7, 11) is -3.27. The van der Waals surface area contributed by atoms with Crippen molar-refractivity contribution in [3.05, 3.63) is 5.89 Å². The molecule has 0 fully saturated rings. The first-order chi connectivity index (χ1) is 9.36. The average molecular weight is 319 g/mol. The Hall–Kier alpha value is -1.19. The molecule has 0 amide bonds. The first kappa shape index (κ1) is 17.9. The Morgan fingerprint density at radius 3 is 2.29 bits per heavy atom. The van der Waals surface area contributed by atoms with Gasteiger partial charge in [0, 0.05) is 17.6 Å². The number of aromatic nitrogens is 2. The summed E-state index contributed by atoms with van der Waals surface area (Å²) >= 11 is 0. The Kier molecular flexibility index (Phi) is 5.35. The zero-order valence-electron chi connectivity index (χ0n) is 13.4. The van der Waals surface area contributed by atoms with Gasteiger partial charge in [-0.1, -0.05) is 5.10 Å². The lowest BCUT2D eigenvalue weighted by atomic mass is 10.1. The minimum absolute atomic E-state index is 0.0382. The second-order valence-electron chi connectivity index (χ2n) is 6.72. The van der Waals surface area contributed by atoms with E-state index >= 15 is 0 Å². The van der Waals surface area contributed by atoms with E-state index in [1.54, 1.807) is 13.8 Å². The second kappa shape index (κ2) is 6.29. The molecule has 0 atom stereocenters. The monoisotopic (exact) mass is 319 g/mol. The average Bonchev–Trinajstić information content (AvgIpc) is 2.67. The maximum atomic E-state index is 11.2. The molecule has 0 aromatic carbocycles. The van der Waals surface area contributed by atoms with Crippen LogP contribution in [0.2, 0.25) is 0 Å². The van der Waals surface area contributed by atoms with E-state index in [2.05, 4.69) is 25.6 Å².